The molecule has 3 aromatic rings. The van der Waals surface area contributed by atoms with Gasteiger partial charge in [0.1, 0.15) is 0 Å². The van der Waals surface area contributed by atoms with Crippen LogP contribution in [-0.2, 0) is 7.05 Å². The van der Waals surface area contributed by atoms with Gasteiger partial charge in [0.2, 0.25) is 0 Å². The molecule has 0 aliphatic carbocycles. The summed E-state index contributed by atoms with van der Waals surface area (Å²) in [5.74, 6) is 1.15. The van der Waals surface area contributed by atoms with Crippen LogP contribution >= 0.6 is 11.8 Å². The number of nitriles is 1. The Hall–Kier alpha value is -3.38. The Bertz CT molecular complexity index is 968. The van der Waals surface area contributed by atoms with Crippen LogP contribution in [0.3, 0.4) is 0 Å². The summed E-state index contributed by atoms with van der Waals surface area (Å²) >= 11 is 1.24. The molecule has 0 unspecified atom stereocenters. The van der Waals surface area contributed by atoms with E-state index < -0.39 is 4.92 Å². The van der Waals surface area contributed by atoms with E-state index in [1.54, 1.807) is 42.1 Å². The summed E-state index contributed by atoms with van der Waals surface area (Å²) in [7, 11) is 1.79. The number of rotatable bonds is 5. The van der Waals surface area contributed by atoms with E-state index in [1.165, 1.54) is 30.0 Å². The van der Waals surface area contributed by atoms with Gasteiger partial charge in [-0.05, 0) is 41.6 Å². The minimum absolute atomic E-state index is 0.0104. The number of hydrogen-bond donors (Lipinski definition) is 0. The standard InChI is InChI=1S/C16H11N5O3S/c1-20-15(13-3-2-10-24-13)18-19-16(20)25-14(8-9-17)11-4-6-12(7-5-11)21(22)23/h2-8,10H,1H3. The minimum Gasteiger partial charge on any atom is -0.461 e. The maximum Gasteiger partial charge on any atom is 0.269 e. The first-order chi connectivity index (χ1) is 12.1. The third kappa shape index (κ3) is 3.44. The van der Waals surface area contributed by atoms with Gasteiger partial charge in [-0.25, -0.2) is 0 Å². The van der Waals surface area contributed by atoms with Crippen molar-refractivity contribution in [3.63, 3.8) is 0 Å². The summed E-state index contributed by atoms with van der Waals surface area (Å²) in [5.41, 5.74) is 0.670. The number of nitro groups is 1. The molecule has 0 fully saturated rings. The molecule has 124 valence electrons. The third-order valence-corrected chi connectivity index (χ3v) is 4.45. The number of nitrogens with zero attached hydrogens (tertiary/aromatic N) is 5. The topological polar surface area (TPSA) is 111 Å². The average Bonchev–Trinajstić information content (AvgIpc) is 3.25. The smallest absolute Gasteiger partial charge is 0.269 e. The Balaban J connectivity index is 1.90. The van der Waals surface area contributed by atoms with E-state index in [9.17, 15) is 10.1 Å². The van der Waals surface area contributed by atoms with Crippen molar-refractivity contribution >= 4 is 22.4 Å². The molecule has 9 heteroatoms. The molecule has 8 nitrogen and oxygen atoms in total. The normalized spacial score (nSPS) is 11.3. The number of hydrogen-bond acceptors (Lipinski definition) is 7. The van der Waals surface area contributed by atoms with E-state index in [1.807, 2.05) is 6.07 Å². The number of benzene rings is 1. The first-order valence-corrected chi connectivity index (χ1v) is 7.87. The van der Waals surface area contributed by atoms with Crippen LogP contribution < -0.4 is 0 Å². The lowest BCUT2D eigenvalue weighted by atomic mass is 10.2. The first kappa shape index (κ1) is 16.5. The predicted molar refractivity (Wildman–Crippen MR) is 91.2 cm³/mol. The number of thioether (sulfide) groups is 1. The highest BCUT2D eigenvalue weighted by Crippen LogP contribution is 2.34. The van der Waals surface area contributed by atoms with Crippen LogP contribution in [0.5, 0.6) is 0 Å². The van der Waals surface area contributed by atoms with Crippen molar-refractivity contribution in [1.29, 1.82) is 5.26 Å². The van der Waals surface area contributed by atoms with E-state index in [4.69, 9.17) is 9.68 Å². The van der Waals surface area contributed by atoms with Gasteiger partial charge >= 0.3 is 0 Å². The van der Waals surface area contributed by atoms with E-state index >= 15 is 0 Å². The number of non-ortho nitro benzene ring substituents is 1. The second-order valence-electron chi connectivity index (χ2n) is 4.89. The Morgan fingerprint density at radius 1 is 1.36 bits per heavy atom. The van der Waals surface area contributed by atoms with Crippen LogP contribution in [0, 0.1) is 21.4 Å². The van der Waals surface area contributed by atoms with Gasteiger partial charge in [-0.3, -0.25) is 10.1 Å². The van der Waals surface area contributed by atoms with Crippen molar-refractivity contribution in [3.8, 4) is 17.7 Å². The zero-order valence-electron chi connectivity index (χ0n) is 13.0. The van der Waals surface area contributed by atoms with Crippen LogP contribution in [-0.4, -0.2) is 19.7 Å². The molecular formula is C16H11N5O3S. The van der Waals surface area contributed by atoms with Crippen LogP contribution in [0.2, 0.25) is 0 Å². The highest BCUT2D eigenvalue weighted by atomic mass is 32.2. The fourth-order valence-electron chi connectivity index (χ4n) is 2.10. The summed E-state index contributed by atoms with van der Waals surface area (Å²) in [6, 6.07) is 11.5. The van der Waals surface area contributed by atoms with Crippen LogP contribution in [0.1, 0.15) is 5.56 Å². The summed E-state index contributed by atoms with van der Waals surface area (Å²) in [4.78, 5) is 10.9. The molecule has 2 aromatic heterocycles. The fraction of sp³-hybridized carbons (Fsp3) is 0.0625. The number of allylic oxidation sites excluding steroid dienone is 1. The quantitative estimate of drug-likeness (QED) is 0.298. The van der Waals surface area contributed by atoms with Gasteiger partial charge in [-0.2, -0.15) is 5.26 Å². The van der Waals surface area contributed by atoms with Gasteiger partial charge in [0.25, 0.3) is 5.69 Å². The molecule has 0 bridgehead atoms. The van der Waals surface area contributed by atoms with Crippen molar-refractivity contribution in [1.82, 2.24) is 14.8 Å². The second kappa shape index (κ2) is 7.02. The summed E-state index contributed by atoms with van der Waals surface area (Å²) in [5, 5.41) is 28.6. The molecule has 0 aliphatic rings. The molecule has 0 radical (unpaired) electrons. The molecule has 0 spiro atoms. The number of nitro benzene ring substituents is 1. The Morgan fingerprint density at radius 2 is 2.12 bits per heavy atom. The lowest BCUT2D eigenvalue weighted by Gasteiger charge is -2.06. The van der Waals surface area contributed by atoms with Gasteiger partial charge in [0, 0.05) is 30.2 Å². The lowest BCUT2D eigenvalue weighted by Crippen LogP contribution is -1.94. The van der Waals surface area contributed by atoms with Gasteiger partial charge < -0.3 is 8.98 Å². The zero-order valence-corrected chi connectivity index (χ0v) is 13.8. The summed E-state index contributed by atoms with van der Waals surface area (Å²) in [6.45, 7) is 0. The van der Waals surface area contributed by atoms with Crippen LogP contribution in [0.25, 0.3) is 16.5 Å². The molecule has 25 heavy (non-hydrogen) atoms. The molecular weight excluding hydrogens is 342 g/mol. The van der Waals surface area contributed by atoms with Gasteiger partial charge in [-0.15, -0.1) is 10.2 Å². The second-order valence-corrected chi connectivity index (χ2v) is 5.90. The summed E-state index contributed by atoms with van der Waals surface area (Å²) < 4.78 is 7.07. The molecule has 0 saturated carbocycles. The highest BCUT2D eigenvalue weighted by Gasteiger charge is 2.16. The van der Waals surface area contributed by atoms with E-state index in [0.717, 1.165) is 0 Å². The van der Waals surface area contributed by atoms with Gasteiger partial charge in [0.05, 0.1) is 17.3 Å². The van der Waals surface area contributed by atoms with Gasteiger partial charge in [0.15, 0.2) is 16.7 Å². The monoisotopic (exact) mass is 353 g/mol. The number of aromatic nitrogens is 3. The SMILES string of the molecule is Cn1c(SC(=CC#N)c2ccc([N+](=O)[O-])cc2)nnc1-c1ccco1. The molecule has 0 N–H and O–H groups in total. The van der Waals surface area contributed by atoms with Crippen LogP contribution in [0.4, 0.5) is 5.69 Å². The maximum absolute atomic E-state index is 10.8. The highest BCUT2D eigenvalue weighted by molar-refractivity contribution is 8.08. The molecule has 1 aromatic carbocycles. The fourth-order valence-corrected chi connectivity index (χ4v) is 2.97. The maximum atomic E-state index is 10.8. The van der Waals surface area contributed by atoms with Crippen molar-refractivity contribution in [2.75, 3.05) is 0 Å². The minimum atomic E-state index is -0.469. The Labute approximate surface area is 146 Å². The average molecular weight is 353 g/mol. The van der Waals surface area contributed by atoms with E-state index in [-0.39, 0.29) is 5.69 Å². The molecule has 0 atom stereocenters. The molecule has 0 amide bonds. The first-order valence-electron chi connectivity index (χ1n) is 7.06. The molecule has 2 heterocycles. The van der Waals surface area contributed by atoms with Gasteiger partial charge in [-0.1, -0.05) is 0 Å². The predicted octanol–water partition coefficient (Wildman–Crippen LogP) is 3.64. The lowest BCUT2D eigenvalue weighted by molar-refractivity contribution is -0.384. The molecule has 3 rings (SSSR count). The zero-order chi connectivity index (χ0) is 17.8. The van der Waals surface area contributed by atoms with E-state index in [0.29, 0.717) is 27.2 Å². The van der Waals surface area contributed by atoms with Crippen molar-refractivity contribution < 1.29 is 9.34 Å². The summed E-state index contributed by atoms with van der Waals surface area (Å²) in [6.07, 6.45) is 2.92. The van der Waals surface area contributed by atoms with Crippen molar-refractivity contribution in [2.45, 2.75) is 5.16 Å². The number of furan rings is 1. The van der Waals surface area contributed by atoms with Crippen molar-refractivity contribution in [2.24, 2.45) is 7.05 Å². The Morgan fingerprint density at radius 3 is 2.72 bits per heavy atom. The molecule has 0 aliphatic heterocycles. The van der Waals surface area contributed by atoms with E-state index in [2.05, 4.69) is 10.2 Å². The third-order valence-electron chi connectivity index (χ3n) is 3.34. The Kier molecular flexibility index (Phi) is 4.63. The largest absolute Gasteiger partial charge is 0.461 e. The molecule has 0 saturated heterocycles. The van der Waals surface area contributed by atoms with Crippen LogP contribution in [0.15, 0.2) is 58.3 Å². The van der Waals surface area contributed by atoms with Crippen molar-refractivity contribution in [3.05, 3.63) is 64.4 Å².